The van der Waals surface area contributed by atoms with Crippen LogP contribution in [0, 0.1) is 0 Å². The summed E-state index contributed by atoms with van der Waals surface area (Å²) in [5, 5.41) is 11.4. The molecule has 3 aromatic rings. The summed E-state index contributed by atoms with van der Waals surface area (Å²) < 4.78 is 11.2. The van der Waals surface area contributed by atoms with E-state index in [1.807, 2.05) is 55.5 Å². The molecule has 1 fully saturated rings. The molecule has 2 aliphatic rings. The number of fused-ring (bicyclic) bond motifs is 1. The quantitative estimate of drug-likeness (QED) is 0.322. The molecule has 178 valence electrons. The lowest BCUT2D eigenvalue weighted by molar-refractivity contribution is -0.139. The van der Waals surface area contributed by atoms with Gasteiger partial charge in [-0.3, -0.25) is 9.59 Å². The molecular formula is C29H27NO5. The van der Waals surface area contributed by atoms with Gasteiger partial charge < -0.3 is 19.5 Å². The fourth-order valence-corrected chi connectivity index (χ4v) is 4.89. The normalized spacial score (nSPS) is 20.6. The molecule has 6 nitrogen and oxygen atoms in total. The second-order valence-electron chi connectivity index (χ2n) is 8.96. The Morgan fingerprint density at radius 3 is 2.63 bits per heavy atom. The predicted molar refractivity (Wildman–Crippen MR) is 132 cm³/mol. The Bertz CT molecular complexity index is 1310. The van der Waals surface area contributed by atoms with Gasteiger partial charge in [-0.05, 0) is 60.4 Å². The summed E-state index contributed by atoms with van der Waals surface area (Å²) in [5.41, 5.74) is 3.32. The van der Waals surface area contributed by atoms with Crippen LogP contribution in [0.1, 0.15) is 35.2 Å². The number of aliphatic hydroxyl groups is 1. The van der Waals surface area contributed by atoms with Gasteiger partial charge in [0.2, 0.25) is 0 Å². The van der Waals surface area contributed by atoms with Crippen LogP contribution >= 0.6 is 0 Å². The number of benzene rings is 3. The summed E-state index contributed by atoms with van der Waals surface area (Å²) in [5.74, 6) is -0.0934. The zero-order chi connectivity index (χ0) is 24.5. The molecule has 0 spiro atoms. The van der Waals surface area contributed by atoms with Gasteiger partial charge in [-0.15, -0.1) is 0 Å². The Labute approximate surface area is 204 Å². The van der Waals surface area contributed by atoms with Crippen molar-refractivity contribution in [1.29, 1.82) is 0 Å². The lowest BCUT2D eigenvalue weighted by Gasteiger charge is -2.25. The molecule has 6 heteroatoms. The maximum absolute atomic E-state index is 13.3. The summed E-state index contributed by atoms with van der Waals surface area (Å²) in [4.78, 5) is 28.1. The minimum atomic E-state index is -0.725. The smallest absolute Gasteiger partial charge is 0.295 e. The second-order valence-corrected chi connectivity index (χ2v) is 8.96. The van der Waals surface area contributed by atoms with E-state index < -0.39 is 17.7 Å². The number of methoxy groups -OCH3 is 1. The predicted octanol–water partition coefficient (Wildman–Crippen LogP) is 4.68. The largest absolute Gasteiger partial charge is 0.507 e. The van der Waals surface area contributed by atoms with Crippen LogP contribution in [0.25, 0.3) is 5.76 Å². The minimum Gasteiger partial charge on any atom is -0.507 e. The molecular weight excluding hydrogens is 442 g/mol. The first-order valence-electron chi connectivity index (χ1n) is 11.7. The van der Waals surface area contributed by atoms with Crippen molar-refractivity contribution in [1.82, 2.24) is 4.90 Å². The van der Waals surface area contributed by atoms with Crippen LogP contribution in [0.3, 0.4) is 0 Å². The van der Waals surface area contributed by atoms with Crippen LogP contribution in [0.2, 0.25) is 0 Å². The highest BCUT2D eigenvalue weighted by Gasteiger charge is 2.46. The summed E-state index contributed by atoms with van der Waals surface area (Å²) in [6.45, 7) is 2.32. The Morgan fingerprint density at radius 1 is 1.06 bits per heavy atom. The highest BCUT2D eigenvalue weighted by molar-refractivity contribution is 6.46. The molecule has 3 aromatic carbocycles. The van der Waals surface area contributed by atoms with Gasteiger partial charge in [0.05, 0.1) is 18.7 Å². The van der Waals surface area contributed by atoms with Gasteiger partial charge in [-0.2, -0.15) is 0 Å². The number of nitrogens with zero attached hydrogens (tertiary/aromatic N) is 1. The molecule has 0 aliphatic carbocycles. The number of likely N-dealkylation sites (tertiary alicyclic amines) is 1. The van der Waals surface area contributed by atoms with Crippen molar-refractivity contribution in [3.8, 4) is 11.5 Å². The number of hydrogen-bond donors (Lipinski definition) is 1. The fraction of sp³-hybridized carbons (Fsp3) is 0.241. The number of ether oxygens (including phenoxy) is 2. The van der Waals surface area contributed by atoms with Crippen molar-refractivity contribution in [3.05, 3.63) is 101 Å². The molecule has 1 amide bonds. The highest BCUT2D eigenvalue weighted by atomic mass is 16.5. The second kappa shape index (κ2) is 9.29. The van der Waals surface area contributed by atoms with Crippen LogP contribution in [0.15, 0.2) is 78.4 Å². The average Bonchev–Trinajstić information content (AvgIpc) is 3.38. The summed E-state index contributed by atoms with van der Waals surface area (Å²) >= 11 is 0. The molecule has 0 radical (unpaired) electrons. The monoisotopic (exact) mass is 469 g/mol. The number of aliphatic hydroxyl groups excluding tert-OH is 1. The lowest BCUT2D eigenvalue weighted by Crippen LogP contribution is -2.31. The van der Waals surface area contributed by atoms with E-state index >= 15 is 0 Å². The molecule has 1 N–H and O–H groups in total. The van der Waals surface area contributed by atoms with E-state index in [9.17, 15) is 14.7 Å². The molecule has 2 aliphatic heterocycles. The van der Waals surface area contributed by atoms with E-state index in [0.717, 1.165) is 23.3 Å². The number of ketones is 1. The van der Waals surface area contributed by atoms with Crippen LogP contribution in [-0.2, 0) is 22.4 Å². The molecule has 0 bridgehead atoms. The van der Waals surface area contributed by atoms with Gasteiger partial charge in [-0.25, -0.2) is 0 Å². The number of amides is 1. The minimum absolute atomic E-state index is 0.0581. The molecule has 35 heavy (non-hydrogen) atoms. The SMILES string of the molecule is COc1cccc([C@H]2/C(=C(\O)c3ccc4c(c3)C[C@@H](C)O4)C(=O)C(=O)N2CCc2ccccc2)c1. The summed E-state index contributed by atoms with van der Waals surface area (Å²) in [6, 6.07) is 21.7. The van der Waals surface area contributed by atoms with Gasteiger partial charge in [-0.1, -0.05) is 42.5 Å². The van der Waals surface area contributed by atoms with E-state index in [1.54, 1.807) is 36.3 Å². The molecule has 0 saturated carbocycles. The van der Waals surface area contributed by atoms with E-state index in [0.29, 0.717) is 29.8 Å². The van der Waals surface area contributed by atoms with E-state index in [-0.39, 0.29) is 17.4 Å². The third-order valence-corrected chi connectivity index (χ3v) is 6.60. The number of carbonyl (C=O) groups is 2. The first kappa shape index (κ1) is 22.7. The number of hydrogen-bond acceptors (Lipinski definition) is 5. The maximum atomic E-state index is 13.3. The van der Waals surface area contributed by atoms with Gasteiger partial charge >= 0.3 is 0 Å². The Balaban J connectivity index is 1.58. The van der Waals surface area contributed by atoms with Crippen LogP contribution in [0.5, 0.6) is 11.5 Å². The van der Waals surface area contributed by atoms with Crippen molar-refractivity contribution in [3.63, 3.8) is 0 Å². The van der Waals surface area contributed by atoms with Gasteiger partial charge in [0.25, 0.3) is 11.7 Å². The van der Waals surface area contributed by atoms with Crippen LogP contribution in [0.4, 0.5) is 0 Å². The van der Waals surface area contributed by atoms with Gasteiger partial charge in [0, 0.05) is 18.5 Å². The molecule has 2 atom stereocenters. The van der Waals surface area contributed by atoms with Crippen LogP contribution in [-0.4, -0.2) is 41.5 Å². The number of carbonyl (C=O) groups excluding carboxylic acids is 2. The molecule has 2 heterocycles. The third-order valence-electron chi connectivity index (χ3n) is 6.60. The molecule has 1 saturated heterocycles. The Morgan fingerprint density at radius 2 is 1.86 bits per heavy atom. The standard InChI is InChI=1S/C29H27NO5/c1-18-15-22-16-21(11-12-24(22)35-18)27(31)25-26(20-9-6-10-23(17-20)34-2)30(29(33)28(25)32)14-13-19-7-4-3-5-8-19/h3-12,16-18,26,31H,13-15H2,1-2H3/b27-25+/t18-,26+/m1/s1. The number of Topliss-reactive ketones (excluding diaryl/α,β-unsaturated/α-hetero) is 1. The Kier molecular flexibility index (Phi) is 6.03. The topological polar surface area (TPSA) is 76.1 Å². The van der Waals surface area contributed by atoms with Gasteiger partial charge in [0.1, 0.15) is 23.4 Å². The van der Waals surface area contributed by atoms with Crippen LogP contribution < -0.4 is 9.47 Å². The lowest BCUT2D eigenvalue weighted by atomic mass is 9.94. The van der Waals surface area contributed by atoms with Crippen molar-refractivity contribution in [2.24, 2.45) is 0 Å². The summed E-state index contributed by atoms with van der Waals surface area (Å²) in [7, 11) is 1.57. The Hall–Kier alpha value is -4.06. The first-order valence-corrected chi connectivity index (χ1v) is 11.7. The molecule has 5 rings (SSSR count). The zero-order valence-electron chi connectivity index (χ0n) is 19.7. The van der Waals surface area contributed by atoms with E-state index in [1.165, 1.54) is 0 Å². The zero-order valence-corrected chi connectivity index (χ0v) is 19.7. The van der Waals surface area contributed by atoms with Crippen molar-refractivity contribution < 1.29 is 24.2 Å². The maximum Gasteiger partial charge on any atom is 0.295 e. The van der Waals surface area contributed by atoms with E-state index in [2.05, 4.69) is 0 Å². The third kappa shape index (κ3) is 4.28. The first-order chi connectivity index (χ1) is 17.0. The molecule has 0 aromatic heterocycles. The summed E-state index contributed by atoms with van der Waals surface area (Å²) in [6.07, 6.45) is 1.37. The van der Waals surface area contributed by atoms with E-state index in [4.69, 9.17) is 9.47 Å². The van der Waals surface area contributed by atoms with Crippen molar-refractivity contribution >= 4 is 17.4 Å². The van der Waals surface area contributed by atoms with Gasteiger partial charge in [0.15, 0.2) is 0 Å². The fourth-order valence-electron chi connectivity index (χ4n) is 4.89. The average molecular weight is 470 g/mol. The van der Waals surface area contributed by atoms with Crippen molar-refractivity contribution in [2.75, 3.05) is 13.7 Å². The molecule has 0 unspecified atom stereocenters. The van der Waals surface area contributed by atoms with Crippen molar-refractivity contribution in [2.45, 2.75) is 31.9 Å². The number of rotatable bonds is 6. The highest BCUT2D eigenvalue weighted by Crippen LogP contribution is 2.41.